The molecule has 0 spiro atoms. The fraction of sp³-hybridized carbons (Fsp3) is 0.636. The number of hydrogen-bond donors (Lipinski definition) is 2. The molecule has 0 aliphatic heterocycles. The van der Waals surface area contributed by atoms with E-state index < -0.39 is 11.6 Å². The van der Waals surface area contributed by atoms with Crippen molar-refractivity contribution in [3.05, 3.63) is 16.1 Å². The number of thiazole rings is 1. The van der Waals surface area contributed by atoms with E-state index in [1.54, 1.807) is 20.8 Å². The monoisotopic (exact) mass is 242 g/mol. The maximum absolute atomic E-state index is 11.7. The highest BCUT2D eigenvalue weighted by atomic mass is 32.1. The third kappa shape index (κ3) is 3.57. The summed E-state index contributed by atoms with van der Waals surface area (Å²) in [5.74, 6) is -0.115. The van der Waals surface area contributed by atoms with Gasteiger partial charge in [0.1, 0.15) is 0 Å². The lowest BCUT2D eigenvalue weighted by molar-refractivity contribution is -0.123. The maximum Gasteiger partial charge on any atom is 0.226 e. The Balaban J connectivity index is 2.54. The Bertz CT molecular complexity index is 372. The molecule has 1 amide bonds. The van der Waals surface area contributed by atoms with Gasteiger partial charge in [0.2, 0.25) is 5.91 Å². The molecule has 0 radical (unpaired) electrons. The molecule has 0 saturated carbocycles. The molecule has 0 aromatic carbocycles. The lowest BCUT2D eigenvalue weighted by atomic mass is 9.98. The number of nitrogens with one attached hydrogen (secondary N) is 1. The van der Waals surface area contributed by atoms with Gasteiger partial charge in [-0.15, -0.1) is 11.3 Å². The summed E-state index contributed by atoms with van der Waals surface area (Å²) in [4.78, 5) is 15.9. The standard InChI is InChI=1S/C11H18N2O2S/c1-7(14)11(3,4)13-10(15)5-9-6-16-8(2)12-9/h6-7,14H,5H2,1-4H3,(H,13,15). The molecule has 1 aromatic rings. The van der Waals surface area contributed by atoms with Crippen LogP contribution in [-0.2, 0) is 11.2 Å². The van der Waals surface area contributed by atoms with Crippen molar-refractivity contribution in [2.45, 2.75) is 45.8 Å². The normalized spacial score (nSPS) is 13.6. The average molecular weight is 242 g/mol. The zero-order chi connectivity index (χ0) is 12.3. The summed E-state index contributed by atoms with van der Waals surface area (Å²) in [7, 11) is 0. The van der Waals surface area contributed by atoms with E-state index in [-0.39, 0.29) is 12.3 Å². The number of amides is 1. The van der Waals surface area contributed by atoms with E-state index in [0.29, 0.717) is 0 Å². The Hall–Kier alpha value is -0.940. The van der Waals surface area contributed by atoms with Crippen molar-refractivity contribution in [2.75, 3.05) is 0 Å². The van der Waals surface area contributed by atoms with Crippen LogP contribution in [0.4, 0.5) is 0 Å². The number of aliphatic hydroxyl groups excluding tert-OH is 1. The van der Waals surface area contributed by atoms with Crippen LogP contribution in [0.2, 0.25) is 0 Å². The highest BCUT2D eigenvalue weighted by Crippen LogP contribution is 2.11. The molecule has 1 unspecified atom stereocenters. The predicted octanol–water partition coefficient (Wildman–Crippen LogP) is 1.27. The van der Waals surface area contributed by atoms with Gasteiger partial charge in [-0.05, 0) is 27.7 Å². The Morgan fingerprint density at radius 3 is 2.75 bits per heavy atom. The molecule has 4 nitrogen and oxygen atoms in total. The predicted molar refractivity (Wildman–Crippen MR) is 64.5 cm³/mol. The first-order chi connectivity index (χ1) is 7.31. The van der Waals surface area contributed by atoms with E-state index in [1.807, 2.05) is 12.3 Å². The van der Waals surface area contributed by atoms with Crippen LogP contribution in [0.15, 0.2) is 5.38 Å². The molecule has 0 aliphatic carbocycles. The minimum absolute atomic E-state index is 0.115. The smallest absolute Gasteiger partial charge is 0.226 e. The van der Waals surface area contributed by atoms with E-state index >= 15 is 0 Å². The SMILES string of the molecule is Cc1nc(CC(=O)NC(C)(C)C(C)O)cs1. The number of nitrogens with zero attached hydrogens (tertiary/aromatic N) is 1. The van der Waals surface area contributed by atoms with Crippen LogP contribution in [0.3, 0.4) is 0 Å². The molecule has 0 bridgehead atoms. The third-order valence-electron chi connectivity index (χ3n) is 2.51. The van der Waals surface area contributed by atoms with Crippen LogP contribution in [-0.4, -0.2) is 27.6 Å². The van der Waals surface area contributed by atoms with Gasteiger partial charge in [0.25, 0.3) is 0 Å². The summed E-state index contributed by atoms with van der Waals surface area (Å²) >= 11 is 1.53. The van der Waals surface area contributed by atoms with Crippen molar-refractivity contribution < 1.29 is 9.90 Å². The lowest BCUT2D eigenvalue weighted by Gasteiger charge is -2.29. The number of hydrogen-bond acceptors (Lipinski definition) is 4. The molecule has 0 fully saturated rings. The van der Waals surface area contributed by atoms with E-state index in [0.717, 1.165) is 10.7 Å². The van der Waals surface area contributed by atoms with Crippen molar-refractivity contribution in [3.8, 4) is 0 Å². The second kappa shape index (κ2) is 4.93. The van der Waals surface area contributed by atoms with Crippen LogP contribution >= 0.6 is 11.3 Å². The Morgan fingerprint density at radius 2 is 2.31 bits per heavy atom. The van der Waals surface area contributed by atoms with Gasteiger partial charge in [-0.25, -0.2) is 4.98 Å². The molecule has 0 saturated heterocycles. The van der Waals surface area contributed by atoms with Gasteiger partial charge in [0, 0.05) is 5.38 Å². The summed E-state index contributed by atoms with van der Waals surface area (Å²) < 4.78 is 0. The summed E-state index contributed by atoms with van der Waals surface area (Å²) in [5, 5.41) is 15.1. The zero-order valence-corrected chi connectivity index (χ0v) is 10.9. The molecule has 16 heavy (non-hydrogen) atoms. The summed E-state index contributed by atoms with van der Waals surface area (Å²) in [6, 6.07) is 0. The quantitative estimate of drug-likeness (QED) is 0.836. The number of carbonyl (C=O) groups is 1. The van der Waals surface area contributed by atoms with Crippen molar-refractivity contribution in [2.24, 2.45) is 0 Å². The van der Waals surface area contributed by atoms with E-state index in [9.17, 15) is 9.90 Å². The molecular weight excluding hydrogens is 224 g/mol. The molecule has 1 aromatic heterocycles. The van der Waals surface area contributed by atoms with E-state index in [2.05, 4.69) is 10.3 Å². The fourth-order valence-corrected chi connectivity index (χ4v) is 1.77. The molecule has 5 heteroatoms. The van der Waals surface area contributed by atoms with Crippen molar-refractivity contribution in [1.29, 1.82) is 0 Å². The van der Waals surface area contributed by atoms with Gasteiger partial charge >= 0.3 is 0 Å². The second-order valence-corrected chi connectivity index (χ2v) is 5.54. The molecule has 2 N–H and O–H groups in total. The Morgan fingerprint density at radius 1 is 1.69 bits per heavy atom. The van der Waals surface area contributed by atoms with Gasteiger partial charge in [0.05, 0.1) is 28.8 Å². The molecular formula is C11H18N2O2S. The van der Waals surface area contributed by atoms with Crippen LogP contribution in [0.1, 0.15) is 31.5 Å². The zero-order valence-electron chi connectivity index (χ0n) is 10.1. The molecule has 90 valence electrons. The summed E-state index contributed by atoms with van der Waals surface area (Å²) in [6.07, 6.45) is -0.325. The molecule has 0 aliphatic rings. The summed E-state index contributed by atoms with van der Waals surface area (Å²) in [5.41, 5.74) is 0.170. The molecule has 1 heterocycles. The number of aromatic nitrogens is 1. The van der Waals surface area contributed by atoms with Crippen LogP contribution in [0, 0.1) is 6.92 Å². The largest absolute Gasteiger partial charge is 0.391 e. The van der Waals surface area contributed by atoms with E-state index in [1.165, 1.54) is 11.3 Å². The van der Waals surface area contributed by atoms with Crippen LogP contribution in [0.5, 0.6) is 0 Å². The van der Waals surface area contributed by atoms with Gasteiger partial charge in [0.15, 0.2) is 0 Å². The maximum atomic E-state index is 11.7. The minimum atomic E-state index is -0.609. The second-order valence-electron chi connectivity index (χ2n) is 4.48. The Kier molecular flexibility index (Phi) is 4.04. The fourth-order valence-electron chi connectivity index (χ4n) is 1.16. The van der Waals surface area contributed by atoms with Gasteiger partial charge in [-0.3, -0.25) is 4.79 Å². The average Bonchev–Trinajstić information content (AvgIpc) is 2.49. The highest BCUT2D eigenvalue weighted by Gasteiger charge is 2.26. The van der Waals surface area contributed by atoms with Crippen molar-refractivity contribution >= 4 is 17.2 Å². The highest BCUT2D eigenvalue weighted by molar-refractivity contribution is 7.09. The summed E-state index contributed by atoms with van der Waals surface area (Å²) in [6.45, 7) is 7.16. The minimum Gasteiger partial charge on any atom is -0.391 e. The number of carbonyl (C=O) groups excluding carboxylic acids is 1. The third-order valence-corrected chi connectivity index (χ3v) is 3.34. The van der Waals surface area contributed by atoms with Crippen molar-refractivity contribution in [1.82, 2.24) is 10.3 Å². The van der Waals surface area contributed by atoms with Gasteiger partial charge in [-0.2, -0.15) is 0 Å². The van der Waals surface area contributed by atoms with Crippen LogP contribution < -0.4 is 5.32 Å². The molecule has 1 atom stereocenters. The lowest BCUT2D eigenvalue weighted by Crippen LogP contribution is -2.51. The van der Waals surface area contributed by atoms with Gasteiger partial charge < -0.3 is 10.4 Å². The Labute approximate surface area is 99.7 Å². The topological polar surface area (TPSA) is 62.2 Å². The number of rotatable bonds is 4. The first-order valence-corrected chi connectivity index (χ1v) is 6.09. The van der Waals surface area contributed by atoms with Crippen molar-refractivity contribution in [3.63, 3.8) is 0 Å². The van der Waals surface area contributed by atoms with Gasteiger partial charge in [-0.1, -0.05) is 0 Å². The van der Waals surface area contributed by atoms with E-state index in [4.69, 9.17) is 0 Å². The number of aryl methyl sites for hydroxylation is 1. The first kappa shape index (κ1) is 13.1. The first-order valence-electron chi connectivity index (χ1n) is 5.21. The van der Waals surface area contributed by atoms with Crippen LogP contribution in [0.25, 0.3) is 0 Å². The molecule has 1 rings (SSSR count). The number of aliphatic hydroxyl groups is 1.